The van der Waals surface area contributed by atoms with Crippen molar-refractivity contribution in [1.29, 1.82) is 0 Å². The van der Waals surface area contributed by atoms with Crippen molar-refractivity contribution in [2.24, 2.45) is 38.4 Å². The van der Waals surface area contributed by atoms with Crippen LogP contribution < -0.4 is 16.0 Å². The third kappa shape index (κ3) is 10.0. The molecule has 1 aromatic heterocycles. The van der Waals surface area contributed by atoms with E-state index in [1.807, 2.05) is 71.3 Å². The van der Waals surface area contributed by atoms with E-state index in [-0.39, 0.29) is 90.5 Å². The van der Waals surface area contributed by atoms with Crippen LogP contribution in [0.2, 0.25) is 0 Å². The van der Waals surface area contributed by atoms with Crippen LogP contribution in [0.15, 0.2) is 76.1 Å². The van der Waals surface area contributed by atoms with Crippen LogP contribution in [0.3, 0.4) is 0 Å². The highest BCUT2D eigenvalue weighted by atomic mass is 32.1. The number of nitrogens with zero attached hydrogens (tertiary/aromatic N) is 2. The molecule has 3 saturated carbocycles. The third-order valence-corrected chi connectivity index (χ3v) is 19.6. The van der Waals surface area contributed by atoms with Gasteiger partial charge in [0.15, 0.2) is 5.76 Å². The molecule has 8 rings (SSSR count). The predicted molar refractivity (Wildman–Crippen MR) is 282 cm³/mol. The first-order chi connectivity index (χ1) is 34.3. The summed E-state index contributed by atoms with van der Waals surface area (Å²) >= 11 is 1.57. The fourth-order valence-corrected chi connectivity index (χ4v) is 14.5. The molecule has 0 spiro atoms. The highest BCUT2D eigenvalue weighted by Crippen LogP contribution is 2.75. The molecule has 396 valence electrons. The van der Waals surface area contributed by atoms with Gasteiger partial charge in [0.1, 0.15) is 18.7 Å². The van der Waals surface area contributed by atoms with Gasteiger partial charge in [-0.2, -0.15) is 0 Å². The van der Waals surface area contributed by atoms with Gasteiger partial charge in [0.25, 0.3) is 0 Å². The SMILES string of the molecule is CC1=C(O)C(=O)C=C2C1=CC=C1[C@@]2(C)CC[C@@]2(C)[C@@H]3C[C@](C)(C(=O)NCCOCCOCC(=O)N[C@H](C(=O)N4C[C@H](O)C[C@H]4C(=O)N[C@@H](C)c4ccc(-c5scnc5C)cc4)C(C)(C)C)CC[C@]3(C)CC[C@]12C. The number of aryl methyl sites for hydroxylation is 1. The van der Waals surface area contributed by atoms with Crippen LogP contribution in [0, 0.1) is 45.3 Å². The first-order valence-electron chi connectivity index (χ1n) is 26.4. The molecule has 4 amide bonds. The van der Waals surface area contributed by atoms with Crippen LogP contribution in [0.25, 0.3) is 10.4 Å². The number of likely N-dealkylation sites (tertiary alicyclic amines) is 1. The van der Waals surface area contributed by atoms with Gasteiger partial charge in [0.2, 0.25) is 29.4 Å². The number of benzene rings is 1. The number of β-amino-alcohol motifs (C(OH)–C–C–N with tert-alkyl or cyclic N) is 1. The second-order valence-electron chi connectivity index (χ2n) is 24.4. The molecule has 5 aliphatic carbocycles. The molecular weight excluding hydrogens is 943 g/mol. The summed E-state index contributed by atoms with van der Waals surface area (Å²) in [6.45, 7) is 23.5. The van der Waals surface area contributed by atoms with E-state index in [2.05, 4.69) is 67.7 Å². The van der Waals surface area contributed by atoms with Crippen molar-refractivity contribution in [3.05, 3.63) is 87.3 Å². The van der Waals surface area contributed by atoms with Gasteiger partial charge in [-0.3, -0.25) is 24.0 Å². The number of thiazole rings is 1. The monoisotopic (exact) mass is 1020 g/mol. The van der Waals surface area contributed by atoms with E-state index in [4.69, 9.17) is 9.47 Å². The molecule has 1 aromatic carbocycles. The average Bonchev–Trinajstić information content (AvgIpc) is 3.96. The van der Waals surface area contributed by atoms with Gasteiger partial charge in [-0.15, -0.1) is 11.3 Å². The Kier molecular flexibility index (Phi) is 15.1. The lowest BCUT2D eigenvalue weighted by Gasteiger charge is -2.70. The number of nitrogens with one attached hydrogen (secondary N) is 3. The van der Waals surface area contributed by atoms with E-state index in [1.165, 1.54) is 10.5 Å². The van der Waals surface area contributed by atoms with Crippen molar-refractivity contribution in [3.63, 3.8) is 0 Å². The maximum atomic E-state index is 14.2. The zero-order valence-corrected chi connectivity index (χ0v) is 45.8. The number of aromatic nitrogens is 1. The fourth-order valence-electron chi connectivity index (χ4n) is 13.7. The Labute approximate surface area is 435 Å². The topological polar surface area (TPSA) is 196 Å². The lowest BCUT2D eigenvalue weighted by atomic mass is 9.34. The van der Waals surface area contributed by atoms with Gasteiger partial charge in [0, 0.05) is 35.9 Å². The zero-order chi connectivity index (χ0) is 53.1. The van der Waals surface area contributed by atoms with E-state index < -0.39 is 40.8 Å². The third-order valence-electron chi connectivity index (χ3n) is 18.6. The number of aliphatic hydroxyl groups is 2. The Balaban J connectivity index is 0.787. The molecule has 2 heterocycles. The van der Waals surface area contributed by atoms with Crippen molar-refractivity contribution in [1.82, 2.24) is 25.8 Å². The molecule has 2 aromatic rings. The number of aliphatic hydroxyl groups excluding tert-OH is 2. The van der Waals surface area contributed by atoms with Crippen molar-refractivity contribution in [2.45, 2.75) is 152 Å². The first kappa shape index (κ1) is 54.3. The largest absolute Gasteiger partial charge is 0.504 e. The van der Waals surface area contributed by atoms with Crippen molar-refractivity contribution in [3.8, 4) is 10.4 Å². The van der Waals surface area contributed by atoms with E-state index in [9.17, 15) is 34.2 Å². The summed E-state index contributed by atoms with van der Waals surface area (Å²) in [5.41, 5.74) is 7.05. The average molecular weight is 1020 g/mol. The smallest absolute Gasteiger partial charge is 0.246 e. The number of ketones is 1. The maximum absolute atomic E-state index is 14.2. The Morgan fingerprint density at radius 2 is 1.62 bits per heavy atom. The molecule has 5 N–H and O–H groups in total. The second-order valence-corrected chi connectivity index (χ2v) is 25.3. The molecule has 4 fully saturated rings. The molecule has 10 atom stereocenters. The molecular formula is C58H79N5O9S. The minimum absolute atomic E-state index is 0.0309. The summed E-state index contributed by atoms with van der Waals surface area (Å²) in [7, 11) is 0. The second kappa shape index (κ2) is 20.3. The molecule has 0 unspecified atom stereocenters. The molecule has 0 bridgehead atoms. The number of amides is 4. The van der Waals surface area contributed by atoms with Gasteiger partial charge >= 0.3 is 0 Å². The summed E-state index contributed by atoms with van der Waals surface area (Å²) in [4.78, 5) is 74.9. The standard InChI is InChI=1S/C58H79N5O9S/c1-34-40-16-17-44-56(9,41(40)29-43(65)47(34)67)21-23-58(11)45-30-55(8,19-18-54(45,7)20-22-57(44,58)10)52(70)59-24-25-71-26-27-72-32-46(66)62-49(53(4,5)6)51(69)63-31-39(64)28-42(63)50(68)61-35(2)37-12-14-38(15-13-37)48-36(3)60-33-73-48/h12-17,29,33,35,39,42,45,49,64,67H,18-28,30-32H2,1-11H3,(H,59,70)(H,61,68)(H,62,66)/t35-,39+,42-,45+,49+,54+,55+,56-,57+,58-/m0/s1. The number of hydrogen-bond acceptors (Lipinski definition) is 11. The van der Waals surface area contributed by atoms with Gasteiger partial charge < -0.3 is 40.5 Å². The van der Waals surface area contributed by atoms with Crippen LogP contribution >= 0.6 is 11.3 Å². The number of ether oxygens (including phenoxy) is 2. The first-order valence-corrected chi connectivity index (χ1v) is 27.3. The summed E-state index contributed by atoms with van der Waals surface area (Å²) in [6.07, 6.45) is 11.8. The van der Waals surface area contributed by atoms with Crippen LogP contribution in [0.1, 0.15) is 138 Å². The van der Waals surface area contributed by atoms with Crippen LogP contribution in [0.4, 0.5) is 0 Å². The molecule has 15 heteroatoms. The Morgan fingerprint density at radius 1 is 0.918 bits per heavy atom. The quantitative estimate of drug-likeness (QED) is 0.108. The normalized spacial score (nSPS) is 31.7. The van der Waals surface area contributed by atoms with Crippen LogP contribution in [-0.2, 0) is 33.4 Å². The molecule has 73 heavy (non-hydrogen) atoms. The zero-order valence-electron chi connectivity index (χ0n) is 45.0. The van der Waals surface area contributed by atoms with E-state index in [0.29, 0.717) is 18.0 Å². The number of allylic oxidation sites excluding steroid dienone is 7. The fraction of sp³-hybridized carbons (Fsp3) is 0.621. The van der Waals surface area contributed by atoms with E-state index in [1.54, 1.807) is 17.4 Å². The summed E-state index contributed by atoms with van der Waals surface area (Å²) in [5.74, 6) is -1.45. The highest BCUT2D eigenvalue weighted by molar-refractivity contribution is 7.13. The van der Waals surface area contributed by atoms with Crippen molar-refractivity contribution < 1.29 is 43.7 Å². The minimum atomic E-state index is -0.991. The van der Waals surface area contributed by atoms with Crippen LogP contribution in [-0.4, -0.2) is 107 Å². The summed E-state index contributed by atoms with van der Waals surface area (Å²) in [5, 5.41) is 30.2. The van der Waals surface area contributed by atoms with Gasteiger partial charge in [-0.25, -0.2) is 4.98 Å². The number of carbonyl (C=O) groups is 5. The van der Waals surface area contributed by atoms with Crippen molar-refractivity contribution in [2.75, 3.05) is 39.5 Å². The lowest BCUT2D eigenvalue weighted by Crippen LogP contribution is -2.62. The molecule has 0 radical (unpaired) electrons. The molecule has 6 aliphatic rings. The summed E-state index contributed by atoms with van der Waals surface area (Å²) < 4.78 is 11.5. The van der Waals surface area contributed by atoms with Gasteiger partial charge in [-0.05, 0) is 122 Å². The molecule has 14 nitrogen and oxygen atoms in total. The number of carbonyl (C=O) groups excluding carboxylic acids is 5. The number of rotatable bonds is 15. The maximum Gasteiger partial charge on any atom is 0.246 e. The van der Waals surface area contributed by atoms with Gasteiger partial charge in [0.05, 0.1) is 48.0 Å². The number of fused-ring (bicyclic) bond motifs is 7. The summed E-state index contributed by atoms with van der Waals surface area (Å²) in [6, 6.07) is 5.66. The number of hydrogen-bond donors (Lipinski definition) is 5. The lowest BCUT2D eigenvalue weighted by molar-refractivity contribution is -0.169. The predicted octanol–water partition coefficient (Wildman–Crippen LogP) is 8.56. The minimum Gasteiger partial charge on any atom is -0.504 e. The molecule has 1 saturated heterocycles. The van der Waals surface area contributed by atoms with Gasteiger partial charge in [-0.1, -0.05) is 97.4 Å². The van der Waals surface area contributed by atoms with E-state index >= 15 is 0 Å². The highest BCUT2D eigenvalue weighted by Gasteiger charge is 2.67. The molecule has 1 aliphatic heterocycles. The van der Waals surface area contributed by atoms with E-state index in [0.717, 1.165) is 77.8 Å². The van der Waals surface area contributed by atoms with Crippen molar-refractivity contribution >= 4 is 40.7 Å². The van der Waals surface area contributed by atoms with Crippen LogP contribution in [0.5, 0.6) is 0 Å². The Morgan fingerprint density at radius 3 is 2.30 bits per heavy atom. The Bertz CT molecular complexity index is 2650. The Hall–Kier alpha value is -4.96.